The molecule has 0 radical (unpaired) electrons. The first-order chi connectivity index (χ1) is 19.0. The van der Waals surface area contributed by atoms with Crippen molar-refractivity contribution in [3.63, 3.8) is 0 Å². The molecule has 5 rings (SSSR count). The number of pyridine rings is 1. The van der Waals surface area contributed by atoms with Gasteiger partial charge in [0.15, 0.2) is 22.4 Å². The molecule has 1 aromatic heterocycles. The number of aromatic nitrogens is 1. The molecule has 3 N–H and O–H groups in total. The Morgan fingerprint density at radius 1 is 1.25 bits per heavy atom. The van der Waals surface area contributed by atoms with E-state index in [1.807, 2.05) is 18.2 Å². The summed E-state index contributed by atoms with van der Waals surface area (Å²) in [4.78, 5) is 17.1. The lowest BCUT2D eigenvalue weighted by molar-refractivity contribution is -0.126. The summed E-state index contributed by atoms with van der Waals surface area (Å²) in [6.45, 7) is 6.88. The minimum Gasteiger partial charge on any atom is -0.484 e. The fourth-order valence-corrected chi connectivity index (χ4v) is 6.01. The fraction of sp³-hybridized carbons (Fsp3) is 0.600. The Morgan fingerprint density at radius 3 is 2.73 bits per heavy atom. The Hall–Kier alpha value is -2.59. The number of hydrogen-bond acceptors (Lipinski definition) is 8. The van der Waals surface area contributed by atoms with Crippen molar-refractivity contribution in [2.75, 3.05) is 27.1 Å². The number of methoxy groups -OCH3 is 1. The number of aliphatic hydroxyl groups excluding tert-OH is 1. The Labute approximate surface area is 240 Å². The van der Waals surface area contributed by atoms with Crippen LogP contribution in [0.25, 0.3) is 0 Å². The molecule has 1 amide bonds. The summed E-state index contributed by atoms with van der Waals surface area (Å²) in [6.07, 6.45) is 4.14. The summed E-state index contributed by atoms with van der Waals surface area (Å²) in [5.74, 6) is 1.70. The van der Waals surface area contributed by atoms with Gasteiger partial charge in [0.25, 0.3) is 0 Å². The molecule has 3 aliphatic rings. The molecule has 2 aromatic rings. The van der Waals surface area contributed by atoms with Crippen LogP contribution in [0.4, 0.5) is 0 Å². The summed E-state index contributed by atoms with van der Waals surface area (Å²) < 4.78 is 22.4. The van der Waals surface area contributed by atoms with E-state index in [4.69, 9.17) is 30.5 Å². The Kier molecular flexibility index (Phi) is 8.47. The average Bonchev–Trinajstić information content (AvgIpc) is 3.33. The Bertz CT molecular complexity index is 1230. The largest absolute Gasteiger partial charge is 0.484 e. The maximum Gasteiger partial charge on any atom is 0.246 e. The van der Waals surface area contributed by atoms with E-state index >= 15 is 0 Å². The SMILES string of the molecule is COCC(=O)N[C@@H](Cc1ccc2c(c1)OCO2)[C@H](O)CN[C@H]1CC2(CCC2)Oc2c1cc(CC(C)(C)C)nc2Cl. The van der Waals surface area contributed by atoms with Crippen molar-refractivity contribution in [1.82, 2.24) is 15.6 Å². The van der Waals surface area contributed by atoms with Crippen molar-refractivity contribution in [1.29, 1.82) is 0 Å². The normalized spacial score (nSPS) is 20.3. The zero-order valence-electron chi connectivity index (χ0n) is 23.7. The van der Waals surface area contributed by atoms with Crippen LogP contribution in [0.3, 0.4) is 0 Å². The van der Waals surface area contributed by atoms with Crippen LogP contribution in [0, 0.1) is 5.41 Å². The van der Waals surface area contributed by atoms with E-state index in [0.29, 0.717) is 28.8 Å². The van der Waals surface area contributed by atoms with E-state index in [1.165, 1.54) is 7.11 Å². The molecule has 1 aliphatic carbocycles. The predicted octanol–water partition coefficient (Wildman–Crippen LogP) is 4.12. The minimum absolute atomic E-state index is 0.0523. The summed E-state index contributed by atoms with van der Waals surface area (Å²) in [6, 6.07) is 7.12. The van der Waals surface area contributed by atoms with Crippen LogP contribution in [0.15, 0.2) is 24.3 Å². The van der Waals surface area contributed by atoms with Gasteiger partial charge in [0.1, 0.15) is 12.2 Å². The first-order valence-corrected chi connectivity index (χ1v) is 14.4. The molecule has 2 aliphatic heterocycles. The number of nitrogens with one attached hydrogen (secondary N) is 2. The molecule has 1 fully saturated rings. The van der Waals surface area contributed by atoms with Gasteiger partial charge < -0.3 is 34.7 Å². The maximum atomic E-state index is 12.5. The average molecular weight is 574 g/mol. The van der Waals surface area contributed by atoms with Crippen molar-refractivity contribution in [3.05, 3.63) is 46.2 Å². The zero-order chi connectivity index (χ0) is 28.5. The monoisotopic (exact) mass is 573 g/mol. The van der Waals surface area contributed by atoms with Gasteiger partial charge in [0.2, 0.25) is 12.7 Å². The number of nitrogens with zero attached hydrogens (tertiary/aromatic N) is 1. The van der Waals surface area contributed by atoms with Crippen LogP contribution < -0.4 is 24.8 Å². The fourth-order valence-electron chi connectivity index (χ4n) is 5.76. The second-order valence-electron chi connectivity index (χ2n) is 12.4. The summed E-state index contributed by atoms with van der Waals surface area (Å²) in [7, 11) is 1.47. The van der Waals surface area contributed by atoms with E-state index in [2.05, 4.69) is 42.5 Å². The molecule has 1 aromatic carbocycles. The van der Waals surface area contributed by atoms with Crippen molar-refractivity contribution < 1.29 is 28.8 Å². The maximum absolute atomic E-state index is 12.5. The molecule has 9 nitrogen and oxygen atoms in total. The highest BCUT2D eigenvalue weighted by Gasteiger charge is 2.46. The third-order valence-corrected chi connectivity index (χ3v) is 8.07. The van der Waals surface area contributed by atoms with Crippen LogP contribution in [-0.4, -0.2) is 60.8 Å². The standard InChI is InChI=1S/C30H40ClN3O6/c1-29(2,3)13-19-12-20-22(14-30(8-5-9-30)40-27(20)28(31)33-19)32-15-23(35)21(34-26(36)16-37-4)10-18-6-7-24-25(11-18)39-17-38-24/h6-7,11-12,21-23,32,35H,5,8-10,13-17H2,1-4H3,(H,34,36)/t21-,22-,23+/m0/s1. The molecule has 1 spiro atoms. The van der Waals surface area contributed by atoms with E-state index in [1.54, 1.807) is 0 Å². The van der Waals surface area contributed by atoms with Crippen molar-refractivity contribution in [2.24, 2.45) is 5.41 Å². The van der Waals surface area contributed by atoms with Gasteiger partial charge >= 0.3 is 0 Å². The third-order valence-electron chi connectivity index (χ3n) is 7.81. The highest BCUT2D eigenvalue weighted by molar-refractivity contribution is 6.31. The molecular formula is C30H40ClN3O6. The highest BCUT2D eigenvalue weighted by Crippen LogP contribution is 2.51. The molecule has 3 heterocycles. The van der Waals surface area contributed by atoms with Gasteiger partial charge in [0, 0.05) is 37.4 Å². The smallest absolute Gasteiger partial charge is 0.246 e. The lowest BCUT2D eigenvalue weighted by atomic mass is 9.73. The molecule has 40 heavy (non-hydrogen) atoms. The summed E-state index contributed by atoms with van der Waals surface area (Å²) in [5.41, 5.74) is 2.60. The summed E-state index contributed by atoms with van der Waals surface area (Å²) in [5, 5.41) is 18.3. The van der Waals surface area contributed by atoms with Crippen molar-refractivity contribution in [3.8, 4) is 17.2 Å². The first-order valence-electron chi connectivity index (χ1n) is 14.0. The number of ether oxygens (including phenoxy) is 4. The van der Waals surface area contributed by atoms with Gasteiger partial charge in [-0.2, -0.15) is 0 Å². The van der Waals surface area contributed by atoms with Crippen LogP contribution in [-0.2, 0) is 22.4 Å². The van der Waals surface area contributed by atoms with Gasteiger partial charge in [-0.3, -0.25) is 4.79 Å². The van der Waals surface area contributed by atoms with Gasteiger partial charge in [-0.05, 0) is 61.3 Å². The quantitative estimate of drug-likeness (QED) is 0.364. The van der Waals surface area contributed by atoms with Crippen LogP contribution in [0.1, 0.15) is 69.3 Å². The second-order valence-corrected chi connectivity index (χ2v) is 12.8. The van der Waals surface area contributed by atoms with Crippen LogP contribution in [0.5, 0.6) is 17.2 Å². The van der Waals surface area contributed by atoms with Gasteiger partial charge in [0.05, 0.1) is 12.1 Å². The molecule has 10 heteroatoms. The first kappa shape index (κ1) is 28.9. The van der Waals surface area contributed by atoms with Crippen LogP contribution >= 0.6 is 11.6 Å². The van der Waals surface area contributed by atoms with Crippen molar-refractivity contribution >= 4 is 17.5 Å². The van der Waals surface area contributed by atoms with E-state index in [9.17, 15) is 9.90 Å². The van der Waals surface area contributed by atoms with Crippen molar-refractivity contribution in [2.45, 2.75) is 83.1 Å². The Morgan fingerprint density at radius 2 is 2.02 bits per heavy atom. The van der Waals surface area contributed by atoms with E-state index < -0.39 is 12.1 Å². The zero-order valence-corrected chi connectivity index (χ0v) is 24.5. The Balaban J connectivity index is 1.34. The molecule has 218 valence electrons. The number of carbonyl (C=O) groups is 1. The van der Waals surface area contributed by atoms with E-state index in [0.717, 1.165) is 48.9 Å². The lowest BCUT2D eigenvalue weighted by Crippen LogP contribution is -2.52. The molecule has 3 atom stereocenters. The van der Waals surface area contributed by atoms with Crippen LogP contribution in [0.2, 0.25) is 5.15 Å². The number of rotatable bonds is 10. The van der Waals surface area contributed by atoms with Gasteiger partial charge in [-0.15, -0.1) is 0 Å². The number of amides is 1. The summed E-state index contributed by atoms with van der Waals surface area (Å²) >= 11 is 6.69. The number of benzene rings is 1. The lowest BCUT2D eigenvalue weighted by Gasteiger charge is -2.48. The predicted molar refractivity (Wildman–Crippen MR) is 151 cm³/mol. The number of hydrogen-bond donors (Lipinski definition) is 3. The molecule has 0 bridgehead atoms. The second kappa shape index (κ2) is 11.7. The number of halogens is 1. The third kappa shape index (κ3) is 6.65. The molecule has 1 saturated carbocycles. The van der Waals surface area contributed by atoms with Gasteiger partial charge in [-0.1, -0.05) is 38.4 Å². The molecule has 0 saturated heterocycles. The molecular weight excluding hydrogens is 534 g/mol. The number of aliphatic hydroxyl groups is 1. The number of carbonyl (C=O) groups excluding carboxylic acids is 1. The van der Waals surface area contributed by atoms with Gasteiger partial charge in [-0.25, -0.2) is 4.98 Å². The molecule has 0 unspecified atom stereocenters. The minimum atomic E-state index is -0.874. The number of fused-ring (bicyclic) bond motifs is 2. The topological polar surface area (TPSA) is 111 Å². The van der Waals surface area contributed by atoms with E-state index in [-0.39, 0.29) is 42.9 Å². The highest BCUT2D eigenvalue weighted by atomic mass is 35.5.